The molecule has 0 heterocycles. The molecule has 0 aromatic carbocycles. The maximum Gasteiger partial charge on any atom is 4.00 e. The van der Waals surface area contributed by atoms with Crippen LogP contribution in [0.15, 0.2) is 16.7 Å². The summed E-state index contributed by atoms with van der Waals surface area (Å²) in [4.78, 5) is 16.0. The number of rotatable bonds is 14. The molecule has 198 valence electrons. The van der Waals surface area contributed by atoms with Crippen molar-refractivity contribution in [3.8, 4) is 0 Å². The van der Waals surface area contributed by atoms with Gasteiger partial charge in [0.05, 0.1) is 0 Å². The van der Waals surface area contributed by atoms with Crippen molar-refractivity contribution in [3.63, 3.8) is 0 Å². The zero-order valence-corrected chi connectivity index (χ0v) is 25.8. The van der Waals surface area contributed by atoms with Crippen LogP contribution < -0.4 is 42.5 Å². The Labute approximate surface area is 237 Å². The standard InChI is InChI=1S/C24H44N.2CH2O.3ClH.Ru/c1-7-11-15-21-19-24(18-14-10-4,25-20(5)6)23(17-13-9-3)22(21)16-12-8-2;2*1-2;;;;/h20,25H,7-18H2,1-6H3;2*1H2;3*1H;/q-1;;;;;;+4/p-3. The fourth-order valence-corrected chi connectivity index (χ4v) is 4.13. The van der Waals surface area contributed by atoms with Crippen molar-refractivity contribution in [3.05, 3.63) is 22.8 Å². The van der Waals surface area contributed by atoms with Gasteiger partial charge in [0.25, 0.3) is 0 Å². The van der Waals surface area contributed by atoms with Crippen molar-refractivity contribution in [1.82, 2.24) is 5.32 Å². The van der Waals surface area contributed by atoms with E-state index >= 15 is 0 Å². The van der Waals surface area contributed by atoms with E-state index in [1.165, 1.54) is 77.0 Å². The second-order valence-corrected chi connectivity index (χ2v) is 8.18. The van der Waals surface area contributed by atoms with Gasteiger partial charge in [-0.1, -0.05) is 106 Å². The molecular weight excluding hydrogens is 566 g/mol. The van der Waals surface area contributed by atoms with Crippen molar-refractivity contribution in [2.75, 3.05) is 0 Å². The maximum absolute atomic E-state index is 8.00. The van der Waals surface area contributed by atoms with Gasteiger partial charge in [-0.2, -0.15) is 5.57 Å². The normalized spacial score (nSPS) is 15.9. The van der Waals surface area contributed by atoms with E-state index in [9.17, 15) is 0 Å². The molecular formula is C26H48Cl3NO2Ru. The molecule has 1 unspecified atom stereocenters. The Morgan fingerprint density at radius 1 is 0.758 bits per heavy atom. The van der Waals surface area contributed by atoms with E-state index < -0.39 is 0 Å². The molecule has 33 heavy (non-hydrogen) atoms. The fraction of sp³-hybridized carbons (Fsp3) is 0.769. The molecule has 1 aliphatic carbocycles. The Hall–Kier alpha value is 0.273. The number of hydrogen-bond donors (Lipinski definition) is 1. The Morgan fingerprint density at radius 3 is 1.61 bits per heavy atom. The largest absolute Gasteiger partial charge is 4.00 e. The molecule has 0 radical (unpaired) electrons. The summed E-state index contributed by atoms with van der Waals surface area (Å²) in [5.41, 5.74) is 4.97. The number of nitrogens with one attached hydrogen (secondary N) is 1. The van der Waals surface area contributed by atoms with Crippen LogP contribution in [0, 0.1) is 6.08 Å². The van der Waals surface area contributed by atoms with E-state index in [1.54, 1.807) is 16.7 Å². The van der Waals surface area contributed by atoms with Crippen molar-refractivity contribution >= 4 is 13.6 Å². The van der Waals surface area contributed by atoms with Gasteiger partial charge in [0.15, 0.2) is 0 Å². The molecule has 1 aliphatic rings. The molecule has 7 heteroatoms. The molecule has 0 saturated heterocycles. The van der Waals surface area contributed by atoms with Crippen LogP contribution in [-0.4, -0.2) is 25.2 Å². The molecule has 0 amide bonds. The smallest absolute Gasteiger partial charge is 1.00 e. The quantitative estimate of drug-likeness (QED) is 0.185. The van der Waals surface area contributed by atoms with Crippen LogP contribution in [0.4, 0.5) is 0 Å². The molecule has 0 saturated carbocycles. The Morgan fingerprint density at radius 2 is 1.18 bits per heavy atom. The molecule has 0 aliphatic heterocycles. The predicted octanol–water partition coefficient (Wildman–Crippen LogP) is -1.84. The fourth-order valence-electron chi connectivity index (χ4n) is 4.13. The van der Waals surface area contributed by atoms with Gasteiger partial charge in [0, 0.05) is 6.04 Å². The number of hydrogen-bond acceptors (Lipinski definition) is 3. The summed E-state index contributed by atoms with van der Waals surface area (Å²) >= 11 is 0. The molecule has 1 atom stereocenters. The third-order valence-corrected chi connectivity index (χ3v) is 5.39. The minimum absolute atomic E-state index is 0. The van der Waals surface area contributed by atoms with E-state index in [0.29, 0.717) is 6.04 Å². The summed E-state index contributed by atoms with van der Waals surface area (Å²) in [6, 6.07) is 0.499. The average Bonchev–Trinajstić information content (AvgIpc) is 3.02. The van der Waals surface area contributed by atoms with Crippen molar-refractivity contribution in [1.29, 1.82) is 0 Å². The summed E-state index contributed by atoms with van der Waals surface area (Å²) in [6.07, 6.45) is 19.3. The van der Waals surface area contributed by atoms with Gasteiger partial charge in [0.2, 0.25) is 0 Å². The summed E-state index contributed by atoms with van der Waals surface area (Å²) in [7, 11) is 0. The first kappa shape index (κ1) is 46.6. The second-order valence-electron chi connectivity index (χ2n) is 8.18. The van der Waals surface area contributed by atoms with E-state index in [1.807, 2.05) is 13.6 Å². The number of unbranched alkanes of at least 4 members (excludes halogenated alkanes) is 4. The zero-order valence-electron chi connectivity index (χ0n) is 21.8. The third-order valence-electron chi connectivity index (χ3n) is 5.39. The maximum atomic E-state index is 8.00. The Kier molecular flexibility index (Phi) is 42.8. The minimum Gasteiger partial charge on any atom is -1.00 e. The van der Waals surface area contributed by atoms with E-state index in [2.05, 4.69) is 52.9 Å². The molecule has 0 aromatic rings. The first-order valence-corrected chi connectivity index (χ1v) is 11.8. The first-order valence-electron chi connectivity index (χ1n) is 11.8. The summed E-state index contributed by atoms with van der Waals surface area (Å²) in [6.45, 7) is 17.8. The van der Waals surface area contributed by atoms with Crippen LogP contribution in [0.25, 0.3) is 0 Å². The first-order chi connectivity index (χ1) is 14.0. The number of allylic oxidation sites excluding steroid dienone is 2. The van der Waals surface area contributed by atoms with Crippen LogP contribution in [0.3, 0.4) is 0 Å². The topological polar surface area (TPSA) is 46.2 Å². The van der Waals surface area contributed by atoms with E-state index in [4.69, 9.17) is 9.59 Å². The van der Waals surface area contributed by atoms with Crippen molar-refractivity contribution in [2.45, 2.75) is 130 Å². The van der Waals surface area contributed by atoms with Gasteiger partial charge in [0.1, 0.15) is 13.6 Å². The molecule has 0 fully saturated rings. The van der Waals surface area contributed by atoms with E-state index in [0.717, 1.165) is 0 Å². The number of carbonyl (C=O) groups is 2. The Balaban J connectivity index is -0.000000215. The summed E-state index contributed by atoms with van der Waals surface area (Å²) in [5.74, 6) is 0. The summed E-state index contributed by atoms with van der Waals surface area (Å²) < 4.78 is 0. The summed E-state index contributed by atoms with van der Waals surface area (Å²) in [5, 5.41) is 3.97. The molecule has 1 N–H and O–H groups in total. The average molecular weight is 614 g/mol. The van der Waals surface area contributed by atoms with Crippen LogP contribution in [0.5, 0.6) is 0 Å². The van der Waals surface area contributed by atoms with Crippen molar-refractivity contribution < 1.29 is 66.3 Å². The molecule has 0 bridgehead atoms. The molecule has 3 nitrogen and oxygen atoms in total. The van der Waals surface area contributed by atoms with Gasteiger partial charge in [-0.25, -0.2) is 11.6 Å². The van der Waals surface area contributed by atoms with Gasteiger partial charge in [-0.15, -0.1) is 5.57 Å². The zero-order chi connectivity index (χ0) is 22.7. The van der Waals surface area contributed by atoms with Crippen LogP contribution in [0.1, 0.15) is 119 Å². The van der Waals surface area contributed by atoms with Crippen LogP contribution in [0.2, 0.25) is 0 Å². The second kappa shape index (κ2) is 30.3. The molecule has 1 rings (SSSR count). The monoisotopic (exact) mass is 613 g/mol. The molecule has 0 aromatic heterocycles. The van der Waals surface area contributed by atoms with Crippen LogP contribution >= 0.6 is 0 Å². The Bertz CT molecular complexity index is 486. The van der Waals surface area contributed by atoms with Crippen molar-refractivity contribution in [2.24, 2.45) is 0 Å². The van der Waals surface area contributed by atoms with Gasteiger partial charge < -0.3 is 52.1 Å². The number of halogens is 3. The van der Waals surface area contributed by atoms with Crippen LogP contribution in [-0.2, 0) is 29.1 Å². The van der Waals surface area contributed by atoms with Gasteiger partial charge in [-0.05, 0) is 18.4 Å². The predicted molar refractivity (Wildman–Crippen MR) is 127 cm³/mol. The number of carbonyl (C=O) groups excluding carboxylic acids is 2. The minimum atomic E-state index is 0. The van der Waals surface area contributed by atoms with Gasteiger partial charge >= 0.3 is 19.5 Å². The molecule has 0 spiro atoms. The third kappa shape index (κ3) is 17.4. The van der Waals surface area contributed by atoms with E-state index in [-0.39, 0.29) is 62.2 Å². The van der Waals surface area contributed by atoms with Gasteiger partial charge in [-0.3, -0.25) is 0 Å². The SMILES string of the molecule is C=O.C=O.CCCCC1=[C-]C(CCCC)(NC(C)C)C(CCCC)=C1CCCC.[Cl-].[Cl-].[Cl-].[Ru+4].